The minimum absolute atomic E-state index is 0.105. The number of hydrogen-bond acceptors (Lipinski definition) is 8. The van der Waals surface area contributed by atoms with Crippen LogP contribution in [0.5, 0.6) is 0 Å². The van der Waals surface area contributed by atoms with Gasteiger partial charge in [-0.2, -0.15) is 5.26 Å². The highest BCUT2D eigenvalue weighted by Crippen LogP contribution is 2.40. The lowest BCUT2D eigenvalue weighted by molar-refractivity contribution is 0.507. The summed E-state index contributed by atoms with van der Waals surface area (Å²) in [6.45, 7) is 4.10. The van der Waals surface area contributed by atoms with Gasteiger partial charge in [-0.25, -0.2) is 22.4 Å². The number of nitrogens with one attached hydrogen (secondary N) is 1. The van der Waals surface area contributed by atoms with Gasteiger partial charge in [0.25, 0.3) is 10.0 Å². The Bertz CT molecular complexity index is 1770. The van der Waals surface area contributed by atoms with E-state index in [2.05, 4.69) is 38.5 Å². The van der Waals surface area contributed by atoms with Gasteiger partial charge in [-0.1, -0.05) is 24.6 Å². The molecule has 1 fully saturated rings. The Balaban J connectivity index is 1.35. The van der Waals surface area contributed by atoms with E-state index in [1.54, 1.807) is 48.8 Å². The van der Waals surface area contributed by atoms with E-state index in [1.807, 2.05) is 17.4 Å². The van der Waals surface area contributed by atoms with Gasteiger partial charge in [0, 0.05) is 24.4 Å². The number of pyridine rings is 1. The fraction of sp³-hybridized carbons (Fsp3) is 0.269. The van der Waals surface area contributed by atoms with E-state index in [0.29, 0.717) is 28.3 Å². The number of rotatable bonds is 5. The molecule has 0 aliphatic heterocycles. The highest BCUT2D eigenvalue weighted by Gasteiger charge is 2.36. The van der Waals surface area contributed by atoms with Crippen molar-refractivity contribution in [3.8, 4) is 6.07 Å². The van der Waals surface area contributed by atoms with Crippen molar-refractivity contribution in [2.75, 3.05) is 5.32 Å². The topological polar surface area (TPSA) is 131 Å². The number of fused-ring (bicyclic) bond motifs is 3. The molecule has 10 nitrogen and oxygen atoms in total. The van der Waals surface area contributed by atoms with Crippen molar-refractivity contribution in [2.45, 2.75) is 43.5 Å². The van der Waals surface area contributed by atoms with E-state index in [0.717, 1.165) is 30.0 Å². The Morgan fingerprint density at radius 2 is 1.84 bits per heavy atom. The molecule has 0 saturated heterocycles. The van der Waals surface area contributed by atoms with Crippen molar-refractivity contribution in [3.63, 3.8) is 0 Å². The molecule has 5 aromatic rings. The lowest BCUT2D eigenvalue weighted by Crippen LogP contribution is -2.16. The molecule has 1 N–H and O–H groups in total. The fourth-order valence-electron chi connectivity index (χ4n) is 5.19. The molecule has 4 heterocycles. The lowest BCUT2D eigenvalue weighted by Gasteiger charge is -2.14. The number of benzene rings is 1. The molecule has 0 spiro atoms. The summed E-state index contributed by atoms with van der Waals surface area (Å²) in [5.74, 6) is 1.93. The molecule has 0 amide bonds. The zero-order valence-electron chi connectivity index (χ0n) is 20.3. The summed E-state index contributed by atoms with van der Waals surface area (Å²) in [6.07, 6.45) is 6.39. The predicted octanol–water partition coefficient (Wildman–Crippen LogP) is 3.89. The van der Waals surface area contributed by atoms with Gasteiger partial charge in [0.1, 0.15) is 17.7 Å². The fourth-order valence-corrected chi connectivity index (χ4v) is 6.49. The monoisotopic (exact) mass is 512 g/mol. The van der Waals surface area contributed by atoms with Crippen molar-refractivity contribution in [3.05, 3.63) is 78.0 Å². The van der Waals surface area contributed by atoms with Crippen LogP contribution in [0.15, 0.2) is 66.0 Å². The minimum Gasteiger partial charge on any atom is -0.367 e. The van der Waals surface area contributed by atoms with Gasteiger partial charge in [0.15, 0.2) is 11.3 Å². The molecule has 37 heavy (non-hydrogen) atoms. The summed E-state index contributed by atoms with van der Waals surface area (Å²) in [4.78, 5) is 8.98. The third-order valence-corrected chi connectivity index (χ3v) is 8.78. The summed E-state index contributed by atoms with van der Waals surface area (Å²) < 4.78 is 29.9. The first kappa shape index (κ1) is 23.1. The first-order chi connectivity index (χ1) is 17.8. The number of anilines is 1. The van der Waals surface area contributed by atoms with Crippen molar-refractivity contribution in [1.29, 1.82) is 5.26 Å². The number of nitriles is 1. The van der Waals surface area contributed by atoms with Crippen LogP contribution >= 0.6 is 0 Å². The molecule has 1 saturated carbocycles. The molecule has 1 unspecified atom stereocenters. The number of aryl methyl sites for hydroxylation is 1. The number of hydrogen-bond donors (Lipinski definition) is 1. The quantitative estimate of drug-likeness (QED) is 0.375. The third kappa shape index (κ3) is 3.90. The predicted molar refractivity (Wildman–Crippen MR) is 138 cm³/mol. The average Bonchev–Trinajstić information content (AvgIpc) is 3.61. The van der Waals surface area contributed by atoms with Crippen LogP contribution in [0.1, 0.15) is 42.6 Å². The van der Waals surface area contributed by atoms with Crippen LogP contribution in [0.2, 0.25) is 0 Å². The largest absolute Gasteiger partial charge is 0.367 e. The molecule has 6 rings (SSSR count). The van der Waals surface area contributed by atoms with Crippen LogP contribution in [0.3, 0.4) is 0 Å². The first-order valence-corrected chi connectivity index (χ1v) is 13.4. The maximum atomic E-state index is 13.4. The lowest BCUT2D eigenvalue weighted by atomic mass is 9.97. The standard InChI is InChI=1S/C26H24N8O2S/c1-16-3-6-20(7-4-16)37(35,36)33-10-9-22-26(33)29-15-24-31-32-25(34(22)24)21-12-19(11-17(21)2)30-23-8-5-18(13-27)14-28-23/h3-10,14-15,17,19,21H,11-12H2,1-2H3,(H,28,30)/t17-,19+,21?/m1/s1. The second-order valence-corrected chi connectivity index (χ2v) is 11.4. The molecule has 186 valence electrons. The normalized spacial score (nSPS) is 19.9. The molecule has 4 aromatic heterocycles. The molecule has 1 aliphatic rings. The van der Waals surface area contributed by atoms with Gasteiger partial charge in [-0.15, -0.1) is 10.2 Å². The first-order valence-electron chi connectivity index (χ1n) is 12.0. The van der Waals surface area contributed by atoms with Gasteiger partial charge in [0.05, 0.1) is 22.2 Å². The average molecular weight is 513 g/mol. The Labute approximate surface area is 213 Å². The van der Waals surface area contributed by atoms with E-state index in [9.17, 15) is 8.42 Å². The molecule has 3 atom stereocenters. The van der Waals surface area contributed by atoms with Crippen LogP contribution in [-0.2, 0) is 10.0 Å². The van der Waals surface area contributed by atoms with E-state index >= 15 is 0 Å². The molecule has 1 aliphatic carbocycles. The van der Waals surface area contributed by atoms with E-state index in [1.165, 1.54) is 10.2 Å². The third-order valence-electron chi connectivity index (χ3n) is 7.10. The van der Waals surface area contributed by atoms with Crippen molar-refractivity contribution >= 4 is 32.7 Å². The Morgan fingerprint density at radius 1 is 1.03 bits per heavy atom. The summed E-state index contributed by atoms with van der Waals surface area (Å²) in [6, 6.07) is 14.3. The molecule has 0 bridgehead atoms. The van der Waals surface area contributed by atoms with Gasteiger partial charge >= 0.3 is 0 Å². The summed E-state index contributed by atoms with van der Waals surface area (Å²) >= 11 is 0. The molecule has 0 radical (unpaired) electrons. The van der Waals surface area contributed by atoms with Gasteiger partial charge in [-0.3, -0.25) is 4.40 Å². The van der Waals surface area contributed by atoms with E-state index in [4.69, 9.17) is 5.26 Å². The summed E-state index contributed by atoms with van der Waals surface area (Å²) in [5.41, 5.74) is 3.05. The Morgan fingerprint density at radius 3 is 2.57 bits per heavy atom. The number of aromatic nitrogens is 6. The molecular formula is C26H24N8O2S. The molecular weight excluding hydrogens is 488 g/mol. The maximum Gasteiger partial charge on any atom is 0.269 e. The Hall–Kier alpha value is -4.30. The maximum absolute atomic E-state index is 13.4. The zero-order chi connectivity index (χ0) is 25.7. The van der Waals surface area contributed by atoms with Crippen molar-refractivity contribution < 1.29 is 8.42 Å². The highest BCUT2D eigenvalue weighted by molar-refractivity contribution is 7.90. The summed E-state index contributed by atoms with van der Waals surface area (Å²) in [5, 5.41) is 21.3. The second kappa shape index (κ2) is 8.67. The Kier molecular flexibility index (Phi) is 5.42. The number of nitrogens with zero attached hydrogens (tertiary/aromatic N) is 7. The minimum atomic E-state index is -3.82. The van der Waals surface area contributed by atoms with Crippen LogP contribution in [0, 0.1) is 24.2 Å². The van der Waals surface area contributed by atoms with Gasteiger partial charge in [-0.05, 0) is 56.0 Å². The smallest absolute Gasteiger partial charge is 0.269 e. The van der Waals surface area contributed by atoms with Crippen LogP contribution in [0.4, 0.5) is 5.82 Å². The van der Waals surface area contributed by atoms with Gasteiger partial charge in [0.2, 0.25) is 0 Å². The summed E-state index contributed by atoms with van der Waals surface area (Å²) in [7, 11) is -3.82. The SMILES string of the molecule is Cc1ccc(S(=O)(=O)n2ccc3c2ncc2nnc(C4C[C@@H](Nc5ccc(C#N)cn5)C[C@H]4C)n23)cc1. The van der Waals surface area contributed by atoms with E-state index < -0.39 is 10.0 Å². The van der Waals surface area contributed by atoms with Crippen molar-refractivity contribution in [2.24, 2.45) is 5.92 Å². The van der Waals surface area contributed by atoms with Crippen LogP contribution < -0.4 is 5.32 Å². The van der Waals surface area contributed by atoms with Crippen molar-refractivity contribution in [1.82, 2.24) is 28.5 Å². The van der Waals surface area contributed by atoms with Gasteiger partial charge < -0.3 is 5.32 Å². The van der Waals surface area contributed by atoms with Crippen LogP contribution in [-0.4, -0.2) is 43.0 Å². The zero-order valence-corrected chi connectivity index (χ0v) is 21.1. The molecule has 1 aromatic carbocycles. The molecule has 11 heteroatoms. The van der Waals surface area contributed by atoms with E-state index in [-0.39, 0.29) is 16.9 Å². The highest BCUT2D eigenvalue weighted by atomic mass is 32.2. The second-order valence-electron chi connectivity index (χ2n) is 9.59. The van der Waals surface area contributed by atoms with Crippen LogP contribution in [0.25, 0.3) is 16.8 Å².